The van der Waals surface area contributed by atoms with Crippen LogP contribution in [-0.4, -0.2) is 27.1 Å². The molecule has 0 atom stereocenters. The van der Waals surface area contributed by atoms with E-state index in [-0.39, 0.29) is 17.1 Å². The van der Waals surface area contributed by atoms with Gasteiger partial charge in [-0.1, -0.05) is 0 Å². The summed E-state index contributed by atoms with van der Waals surface area (Å²) in [5.41, 5.74) is 3.88. The largest absolute Gasteiger partial charge is 0.508 e. The number of hydrogen-bond acceptors (Lipinski definition) is 8. The Kier molecular flexibility index (Phi) is 5.38. The smallest absolute Gasteiger partial charge is 0.290 e. The van der Waals surface area contributed by atoms with Crippen LogP contribution in [0.3, 0.4) is 0 Å². The van der Waals surface area contributed by atoms with E-state index < -0.39 is 10.8 Å². The number of aromatic nitrogens is 1. The van der Waals surface area contributed by atoms with Crippen molar-refractivity contribution in [1.82, 2.24) is 10.4 Å². The molecule has 27 heavy (non-hydrogen) atoms. The van der Waals surface area contributed by atoms with Crippen molar-refractivity contribution in [2.75, 3.05) is 5.32 Å². The van der Waals surface area contributed by atoms with Gasteiger partial charge in [0.2, 0.25) is 0 Å². The monoisotopic (exact) mass is 383 g/mol. The minimum absolute atomic E-state index is 0.00811. The Morgan fingerprint density at radius 2 is 1.89 bits per heavy atom. The highest BCUT2D eigenvalue weighted by Crippen LogP contribution is 2.22. The van der Waals surface area contributed by atoms with Crippen LogP contribution in [-0.2, 0) is 0 Å². The van der Waals surface area contributed by atoms with Gasteiger partial charge in [0.15, 0.2) is 5.13 Å². The molecule has 9 nitrogen and oxygen atoms in total. The predicted octanol–water partition coefficient (Wildman–Crippen LogP) is 3.26. The van der Waals surface area contributed by atoms with E-state index in [9.17, 15) is 20.0 Å². The van der Waals surface area contributed by atoms with Gasteiger partial charge in [-0.05, 0) is 42.0 Å². The normalized spacial score (nSPS) is 10.7. The predicted molar refractivity (Wildman–Crippen MR) is 102 cm³/mol. The number of anilines is 2. The highest BCUT2D eigenvalue weighted by atomic mass is 32.1. The maximum atomic E-state index is 12.1. The molecule has 3 N–H and O–H groups in total. The van der Waals surface area contributed by atoms with Crippen LogP contribution < -0.4 is 10.7 Å². The summed E-state index contributed by atoms with van der Waals surface area (Å²) < 4.78 is 0. The lowest BCUT2D eigenvalue weighted by Crippen LogP contribution is -2.18. The number of rotatable bonds is 6. The number of carbonyl (C=O) groups is 1. The van der Waals surface area contributed by atoms with Crippen LogP contribution in [0.1, 0.15) is 16.1 Å². The van der Waals surface area contributed by atoms with Crippen LogP contribution in [0.5, 0.6) is 5.75 Å². The first kappa shape index (κ1) is 18.0. The number of nitro groups is 1. The number of thiazole rings is 1. The fourth-order valence-corrected chi connectivity index (χ4v) is 2.72. The number of aromatic hydroxyl groups is 1. The molecule has 3 rings (SSSR count). The number of amides is 1. The third-order valence-electron chi connectivity index (χ3n) is 3.34. The summed E-state index contributed by atoms with van der Waals surface area (Å²) in [7, 11) is 0. The number of hydrazone groups is 1. The molecule has 0 bridgehead atoms. The van der Waals surface area contributed by atoms with Crippen LogP contribution in [0.4, 0.5) is 16.5 Å². The Bertz CT molecular complexity index is 983. The van der Waals surface area contributed by atoms with Gasteiger partial charge in [0, 0.05) is 23.2 Å². The van der Waals surface area contributed by atoms with Crippen LogP contribution in [0, 0.1) is 10.1 Å². The van der Waals surface area contributed by atoms with Gasteiger partial charge >= 0.3 is 0 Å². The number of benzene rings is 2. The van der Waals surface area contributed by atoms with Crippen molar-refractivity contribution in [3.05, 3.63) is 75.3 Å². The summed E-state index contributed by atoms with van der Waals surface area (Å²) in [6, 6.07) is 12.2. The molecule has 1 heterocycles. The summed E-state index contributed by atoms with van der Waals surface area (Å²) in [4.78, 5) is 26.4. The van der Waals surface area contributed by atoms with Crippen LogP contribution in [0.2, 0.25) is 0 Å². The average molecular weight is 383 g/mol. The Labute approximate surface area is 157 Å². The lowest BCUT2D eigenvalue weighted by molar-refractivity contribution is -0.384. The van der Waals surface area contributed by atoms with Crippen molar-refractivity contribution >= 4 is 40.0 Å². The van der Waals surface area contributed by atoms with E-state index in [4.69, 9.17) is 0 Å². The molecular weight excluding hydrogens is 370 g/mol. The van der Waals surface area contributed by atoms with E-state index in [0.717, 1.165) is 0 Å². The molecule has 0 radical (unpaired) electrons. The fourth-order valence-electron chi connectivity index (χ4n) is 2.01. The molecule has 0 unspecified atom stereocenters. The van der Waals surface area contributed by atoms with E-state index in [1.54, 1.807) is 29.6 Å². The number of carbonyl (C=O) groups excluding carboxylic acids is 1. The molecule has 1 amide bonds. The number of nitro benzene ring substituents is 1. The SMILES string of the molecule is O=C(N/N=C/c1ccc(O)cc1)c1csc(Nc2ccc([N+](=O)[O-])cc2)n1. The van der Waals surface area contributed by atoms with Crippen molar-refractivity contribution in [3.63, 3.8) is 0 Å². The van der Waals surface area contributed by atoms with Crippen LogP contribution in [0.15, 0.2) is 59.0 Å². The lowest BCUT2D eigenvalue weighted by atomic mass is 10.2. The maximum absolute atomic E-state index is 12.1. The molecular formula is C17H13N5O4S. The van der Waals surface area contributed by atoms with E-state index in [1.165, 1.54) is 41.8 Å². The number of nitrogens with zero attached hydrogens (tertiary/aromatic N) is 3. The summed E-state index contributed by atoms with van der Waals surface area (Å²) in [5.74, 6) is -0.329. The number of hydrogen-bond donors (Lipinski definition) is 3. The first-order valence-electron chi connectivity index (χ1n) is 7.61. The van der Waals surface area contributed by atoms with Crippen molar-refractivity contribution < 1.29 is 14.8 Å². The van der Waals surface area contributed by atoms with E-state index in [0.29, 0.717) is 16.4 Å². The number of nitrogens with one attached hydrogen (secondary N) is 2. The van der Waals surface area contributed by atoms with Gasteiger partial charge in [0.1, 0.15) is 11.4 Å². The lowest BCUT2D eigenvalue weighted by Gasteiger charge is -2.01. The van der Waals surface area contributed by atoms with Crippen molar-refractivity contribution in [2.45, 2.75) is 0 Å². The molecule has 2 aromatic carbocycles. The zero-order valence-electron chi connectivity index (χ0n) is 13.7. The zero-order valence-corrected chi connectivity index (χ0v) is 14.5. The third kappa shape index (κ3) is 4.86. The maximum Gasteiger partial charge on any atom is 0.290 e. The Hall–Kier alpha value is -3.79. The Morgan fingerprint density at radius 1 is 1.19 bits per heavy atom. The van der Waals surface area contributed by atoms with Crippen molar-refractivity contribution in [3.8, 4) is 5.75 Å². The molecule has 0 spiro atoms. The minimum Gasteiger partial charge on any atom is -0.508 e. The molecule has 10 heteroatoms. The van der Waals surface area contributed by atoms with E-state index >= 15 is 0 Å². The molecule has 0 aliphatic heterocycles. The fraction of sp³-hybridized carbons (Fsp3) is 0. The second kappa shape index (κ2) is 8.06. The quantitative estimate of drug-likeness (QED) is 0.340. The second-order valence-corrected chi connectivity index (χ2v) is 6.12. The van der Waals surface area contributed by atoms with Gasteiger partial charge in [0.25, 0.3) is 11.6 Å². The van der Waals surface area contributed by atoms with Crippen molar-refractivity contribution in [1.29, 1.82) is 0 Å². The van der Waals surface area contributed by atoms with Gasteiger partial charge < -0.3 is 10.4 Å². The van der Waals surface area contributed by atoms with Gasteiger partial charge in [-0.15, -0.1) is 11.3 Å². The summed E-state index contributed by atoms with van der Waals surface area (Å²) in [6.45, 7) is 0. The molecule has 0 aliphatic rings. The van der Waals surface area contributed by atoms with E-state index in [2.05, 4.69) is 20.8 Å². The zero-order chi connectivity index (χ0) is 19.2. The number of phenolic OH excluding ortho intramolecular Hbond substituents is 1. The summed E-state index contributed by atoms with van der Waals surface area (Å²) in [5, 5.41) is 28.7. The van der Waals surface area contributed by atoms with Gasteiger partial charge in [-0.2, -0.15) is 5.10 Å². The molecule has 0 aliphatic carbocycles. The molecule has 136 valence electrons. The Morgan fingerprint density at radius 3 is 2.56 bits per heavy atom. The Balaban J connectivity index is 1.58. The second-order valence-electron chi connectivity index (χ2n) is 5.26. The molecule has 1 aromatic heterocycles. The third-order valence-corrected chi connectivity index (χ3v) is 4.10. The molecule has 0 fully saturated rings. The molecule has 0 saturated carbocycles. The molecule has 3 aromatic rings. The highest BCUT2D eigenvalue weighted by Gasteiger charge is 2.11. The van der Waals surface area contributed by atoms with Crippen LogP contribution >= 0.6 is 11.3 Å². The summed E-state index contributed by atoms with van der Waals surface area (Å²) >= 11 is 1.22. The van der Waals surface area contributed by atoms with Crippen LogP contribution in [0.25, 0.3) is 0 Å². The standard InChI is InChI=1S/C17H13N5O4S/c23-14-7-1-11(2-8-14)9-18-21-16(24)15-10-27-17(20-15)19-12-3-5-13(6-4-12)22(25)26/h1-10,23H,(H,19,20)(H,21,24)/b18-9+. The van der Waals surface area contributed by atoms with Gasteiger partial charge in [-0.3, -0.25) is 14.9 Å². The highest BCUT2D eigenvalue weighted by molar-refractivity contribution is 7.14. The van der Waals surface area contributed by atoms with Gasteiger partial charge in [-0.25, -0.2) is 10.4 Å². The topological polar surface area (TPSA) is 130 Å². The van der Waals surface area contributed by atoms with E-state index in [1.807, 2.05) is 0 Å². The average Bonchev–Trinajstić information content (AvgIpc) is 3.12. The van der Waals surface area contributed by atoms with Crippen molar-refractivity contribution in [2.24, 2.45) is 5.10 Å². The number of phenols is 1. The first-order valence-corrected chi connectivity index (χ1v) is 8.49. The summed E-state index contributed by atoms with van der Waals surface area (Å²) in [6.07, 6.45) is 1.44. The van der Waals surface area contributed by atoms with Gasteiger partial charge in [0.05, 0.1) is 11.1 Å². The minimum atomic E-state index is -0.478. The number of non-ortho nitro benzene ring substituents is 1. The molecule has 0 saturated heterocycles. The first-order chi connectivity index (χ1) is 13.0.